The quantitative estimate of drug-likeness (QED) is 0.888. The molecular formula is C11H13BrFNO. The minimum atomic E-state index is -0.417. The zero-order chi connectivity index (χ0) is 11.1. The van der Waals surface area contributed by atoms with E-state index in [1.165, 1.54) is 6.07 Å². The first kappa shape index (κ1) is 11.0. The third-order valence-electron chi connectivity index (χ3n) is 3.16. The fraction of sp³-hybridized carbons (Fsp3) is 0.455. The molecule has 1 aliphatic carbocycles. The summed E-state index contributed by atoms with van der Waals surface area (Å²) in [4.78, 5) is 0. The summed E-state index contributed by atoms with van der Waals surface area (Å²) < 4.78 is 14.3. The molecule has 15 heavy (non-hydrogen) atoms. The van der Waals surface area contributed by atoms with Gasteiger partial charge in [-0.2, -0.15) is 0 Å². The van der Waals surface area contributed by atoms with E-state index in [4.69, 9.17) is 5.73 Å². The van der Waals surface area contributed by atoms with Crippen LogP contribution < -0.4 is 5.73 Å². The summed E-state index contributed by atoms with van der Waals surface area (Å²) in [5, 5.41) is 9.23. The molecule has 3 N–H and O–H groups in total. The largest absolute Gasteiger partial charge is 0.396 e. The smallest absolute Gasteiger partial charge is 0.128 e. The van der Waals surface area contributed by atoms with E-state index in [1.54, 1.807) is 12.1 Å². The first-order valence-corrected chi connectivity index (χ1v) is 5.70. The summed E-state index contributed by atoms with van der Waals surface area (Å²) in [6.07, 6.45) is 1.74. The number of halogens is 2. The summed E-state index contributed by atoms with van der Waals surface area (Å²) in [7, 11) is 0. The zero-order valence-corrected chi connectivity index (χ0v) is 9.80. The highest BCUT2D eigenvalue weighted by molar-refractivity contribution is 9.10. The van der Waals surface area contributed by atoms with Gasteiger partial charge in [0.1, 0.15) is 5.82 Å². The molecule has 0 heterocycles. The van der Waals surface area contributed by atoms with Crippen LogP contribution in [0.5, 0.6) is 0 Å². The van der Waals surface area contributed by atoms with Crippen LogP contribution in [0.3, 0.4) is 0 Å². The highest BCUT2D eigenvalue weighted by Gasteiger charge is 2.48. The fourth-order valence-corrected chi connectivity index (χ4v) is 2.19. The third-order valence-corrected chi connectivity index (χ3v) is 3.65. The Kier molecular flexibility index (Phi) is 2.83. The topological polar surface area (TPSA) is 46.2 Å². The highest BCUT2D eigenvalue weighted by Crippen LogP contribution is 2.53. The van der Waals surface area contributed by atoms with Crippen LogP contribution in [0, 0.1) is 11.2 Å². The maximum Gasteiger partial charge on any atom is 0.128 e. The van der Waals surface area contributed by atoms with Crippen molar-refractivity contribution in [1.82, 2.24) is 0 Å². The molecule has 1 atom stereocenters. The van der Waals surface area contributed by atoms with Gasteiger partial charge in [0.15, 0.2) is 0 Å². The zero-order valence-electron chi connectivity index (χ0n) is 8.21. The van der Waals surface area contributed by atoms with Crippen LogP contribution in [0.4, 0.5) is 4.39 Å². The van der Waals surface area contributed by atoms with Crippen molar-refractivity contribution in [3.8, 4) is 0 Å². The van der Waals surface area contributed by atoms with Crippen LogP contribution in [-0.2, 0) is 0 Å². The molecule has 4 heteroatoms. The van der Waals surface area contributed by atoms with Crippen molar-refractivity contribution in [3.63, 3.8) is 0 Å². The maximum atomic E-state index is 13.5. The molecule has 0 spiro atoms. The van der Waals surface area contributed by atoms with Crippen LogP contribution in [0.25, 0.3) is 0 Å². The molecule has 1 saturated carbocycles. The average molecular weight is 274 g/mol. The number of aliphatic hydroxyl groups is 1. The maximum absolute atomic E-state index is 13.5. The van der Waals surface area contributed by atoms with Gasteiger partial charge in [0.25, 0.3) is 0 Å². The van der Waals surface area contributed by atoms with Crippen molar-refractivity contribution in [3.05, 3.63) is 34.1 Å². The van der Waals surface area contributed by atoms with Crippen LogP contribution in [-0.4, -0.2) is 11.7 Å². The molecule has 1 aromatic rings. The monoisotopic (exact) mass is 273 g/mol. The molecule has 1 unspecified atom stereocenters. The van der Waals surface area contributed by atoms with Gasteiger partial charge < -0.3 is 10.8 Å². The lowest BCUT2D eigenvalue weighted by Gasteiger charge is -2.22. The molecule has 82 valence electrons. The second kappa shape index (κ2) is 3.85. The Hall–Kier alpha value is -0.450. The van der Waals surface area contributed by atoms with Gasteiger partial charge in [0, 0.05) is 21.5 Å². The molecule has 1 aliphatic rings. The van der Waals surface area contributed by atoms with Crippen LogP contribution in [0.15, 0.2) is 22.7 Å². The predicted molar refractivity (Wildman–Crippen MR) is 59.8 cm³/mol. The first-order valence-electron chi connectivity index (χ1n) is 4.90. The van der Waals surface area contributed by atoms with E-state index in [1.807, 2.05) is 0 Å². The van der Waals surface area contributed by atoms with E-state index in [2.05, 4.69) is 15.9 Å². The van der Waals surface area contributed by atoms with Crippen molar-refractivity contribution in [2.45, 2.75) is 18.9 Å². The minimum absolute atomic E-state index is 0.0279. The minimum Gasteiger partial charge on any atom is -0.396 e. The molecule has 2 rings (SSSR count). The Labute approximate surface area is 96.4 Å². The third kappa shape index (κ3) is 1.94. The predicted octanol–water partition coefficient (Wildman–Crippen LogP) is 2.36. The van der Waals surface area contributed by atoms with E-state index in [-0.39, 0.29) is 17.8 Å². The Morgan fingerprint density at radius 1 is 1.53 bits per heavy atom. The standard InChI is InChI=1S/C11H13BrFNO/c12-7-1-2-9(13)8(5-7)10(14)11(6-15)3-4-11/h1-2,5,10,15H,3-4,6,14H2. The number of rotatable bonds is 3. The molecule has 0 bridgehead atoms. The van der Waals surface area contributed by atoms with Gasteiger partial charge in [-0.1, -0.05) is 15.9 Å². The molecule has 0 aliphatic heterocycles. The fourth-order valence-electron chi connectivity index (χ4n) is 1.81. The molecule has 0 aromatic heterocycles. The molecular weight excluding hydrogens is 261 g/mol. The van der Waals surface area contributed by atoms with Gasteiger partial charge in [0.05, 0.1) is 6.61 Å². The second-order valence-corrected chi connectivity index (χ2v) is 5.08. The molecule has 0 amide bonds. The molecule has 0 saturated heterocycles. The Bertz CT molecular complexity index is 379. The molecule has 1 aromatic carbocycles. The number of hydrogen-bond donors (Lipinski definition) is 2. The van der Waals surface area contributed by atoms with E-state index in [9.17, 15) is 9.50 Å². The van der Waals surface area contributed by atoms with E-state index in [0.29, 0.717) is 5.56 Å². The summed E-state index contributed by atoms with van der Waals surface area (Å²) >= 11 is 3.29. The molecule has 1 fully saturated rings. The normalized spacial score (nSPS) is 20.0. The Balaban J connectivity index is 2.32. The first-order chi connectivity index (χ1) is 7.09. The Morgan fingerprint density at radius 3 is 2.73 bits per heavy atom. The SMILES string of the molecule is NC(c1cc(Br)ccc1F)C1(CO)CC1. The van der Waals surface area contributed by atoms with Crippen molar-refractivity contribution in [2.24, 2.45) is 11.1 Å². The number of aliphatic hydroxyl groups excluding tert-OH is 1. The van der Waals surface area contributed by atoms with Crippen LogP contribution in [0.2, 0.25) is 0 Å². The van der Waals surface area contributed by atoms with Gasteiger partial charge in [-0.25, -0.2) is 4.39 Å². The summed E-state index contributed by atoms with van der Waals surface area (Å²) in [5.74, 6) is -0.301. The number of benzene rings is 1. The molecule has 2 nitrogen and oxygen atoms in total. The lowest BCUT2D eigenvalue weighted by atomic mass is 9.91. The summed E-state index contributed by atoms with van der Waals surface area (Å²) in [6, 6.07) is 4.31. The summed E-state index contributed by atoms with van der Waals surface area (Å²) in [6.45, 7) is 0.0279. The van der Waals surface area contributed by atoms with E-state index in [0.717, 1.165) is 17.3 Å². The molecule has 0 radical (unpaired) electrons. The van der Waals surface area contributed by atoms with Crippen LogP contribution >= 0.6 is 15.9 Å². The van der Waals surface area contributed by atoms with Gasteiger partial charge in [-0.3, -0.25) is 0 Å². The van der Waals surface area contributed by atoms with Gasteiger partial charge in [-0.05, 0) is 31.0 Å². The Morgan fingerprint density at radius 2 is 2.20 bits per heavy atom. The van der Waals surface area contributed by atoms with Crippen molar-refractivity contribution in [1.29, 1.82) is 0 Å². The van der Waals surface area contributed by atoms with E-state index >= 15 is 0 Å². The van der Waals surface area contributed by atoms with Gasteiger partial charge in [-0.15, -0.1) is 0 Å². The van der Waals surface area contributed by atoms with Crippen molar-refractivity contribution in [2.75, 3.05) is 6.61 Å². The lowest BCUT2D eigenvalue weighted by Crippen LogP contribution is -2.26. The lowest BCUT2D eigenvalue weighted by molar-refractivity contribution is 0.186. The highest BCUT2D eigenvalue weighted by atomic mass is 79.9. The van der Waals surface area contributed by atoms with Crippen molar-refractivity contribution >= 4 is 15.9 Å². The van der Waals surface area contributed by atoms with Crippen LogP contribution in [0.1, 0.15) is 24.4 Å². The number of nitrogens with two attached hydrogens (primary N) is 1. The van der Waals surface area contributed by atoms with E-state index < -0.39 is 6.04 Å². The van der Waals surface area contributed by atoms with Gasteiger partial charge in [0.2, 0.25) is 0 Å². The van der Waals surface area contributed by atoms with Crippen molar-refractivity contribution < 1.29 is 9.50 Å². The number of hydrogen-bond acceptors (Lipinski definition) is 2. The second-order valence-electron chi connectivity index (χ2n) is 4.16. The summed E-state index contributed by atoms with van der Waals surface area (Å²) in [5.41, 5.74) is 6.19. The van der Waals surface area contributed by atoms with Gasteiger partial charge >= 0.3 is 0 Å². The average Bonchev–Trinajstić information content (AvgIpc) is 3.01.